The number of rotatable bonds is 2. The second-order valence-corrected chi connectivity index (χ2v) is 6.13. The van der Waals surface area contributed by atoms with Crippen LogP contribution < -0.4 is 5.32 Å². The third kappa shape index (κ3) is 2.35. The van der Waals surface area contributed by atoms with Gasteiger partial charge in [0.25, 0.3) is 0 Å². The first-order valence-electron chi connectivity index (χ1n) is 6.71. The van der Waals surface area contributed by atoms with Gasteiger partial charge in [0.2, 0.25) is 0 Å². The second-order valence-electron chi connectivity index (χ2n) is 5.22. The monoisotopic (exact) mass is 319 g/mol. The van der Waals surface area contributed by atoms with Crippen molar-refractivity contribution >= 4 is 15.9 Å². The van der Waals surface area contributed by atoms with Crippen molar-refractivity contribution in [1.82, 2.24) is 15.5 Å². The van der Waals surface area contributed by atoms with E-state index in [0.717, 1.165) is 22.4 Å². The molecule has 1 atom stereocenters. The molecule has 19 heavy (non-hydrogen) atoms. The second kappa shape index (κ2) is 5.10. The molecular formula is C15H18BrN3. The van der Waals surface area contributed by atoms with Crippen molar-refractivity contribution in [3.63, 3.8) is 0 Å². The van der Waals surface area contributed by atoms with Gasteiger partial charge in [-0.25, -0.2) is 0 Å². The van der Waals surface area contributed by atoms with E-state index in [1.165, 1.54) is 29.5 Å². The van der Waals surface area contributed by atoms with E-state index in [9.17, 15) is 0 Å². The summed E-state index contributed by atoms with van der Waals surface area (Å²) in [6.45, 7) is 5.34. The highest BCUT2D eigenvalue weighted by atomic mass is 79.9. The summed E-state index contributed by atoms with van der Waals surface area (Å²) >= 11 is 3.57. The van der Waals surface area contributed by atoms with E-state index in [4.69, 9.17) is 0 Å². The van der Waals surface area contributed by atoms with E-state index in [-0.39, 0.29) is 0 Å². The van der Waals surface area contributed by atoms with Crippen LogP contribution in [0.4, 0.5) is 0 Å². The minimum atomic E-state index is 0.387. The van der Waals surface area contributed by atoms with Crippen LogP contribution >= 0.6 is 15.9 Å². The molecule has 2 aromatic rings. The van der Waals surface area contributed by atoms with Crippen molar-refractivity contribution in [1.29, 1.82) is 0 Å². The molecule has 1 aromatic carbocycles. The topological polar surface area (TPSA) is 40.7 Å². The van der Waals surface area contributed by atoms with Crippen LogP contribution in [0.5, 0.6) is 0 Å². The lowest BCUT2D eigenvalue weighted by Gasteiger charge is -2.13. The molecule has 1 aliphatic rings. The maximum Gasteiger partial charge on any atom is 0.0872 e. The average Bonchev–Trinajstić information content (AvgIpc) is 3.01. The highest BCUT2D eigenvalue weighted by molar-refractivity contribution is 9.10. The summed E-state index contributed by atoms with van der Waals surface area (Å²) in [4.78, 5) is 0. The van der Waals surface area contributed by atoms with E-state index in [2.05, 4.69) is 63.5 Å². The maximum absolute atomic E-state index is 4.54. The summed E-state index contributed by atoms with van der Waals surface area (Å²) in [6.07, 6.45) is 2.40. The van der Waals surface area contributed by atoms with Gasteiger partial charge in [-0.05, 0) is 56.5 Å². The van der Waals surface area contributed by atoms with Crippen LogP contribution in [0.1, 0.15) is 35.8 Å². The van der Waals surface area contributed by atoms with Crippen molar-refractivity contribution in [2.45, 2.75) is 32.7 Å². The first kappa shape index (κ1) is 12.9. The first-order valence-corrected chi connectivity index (χ1v) is 7.51. The minimum Gasteiger partial charge on any atom is -0.309 e. The van der Waals surface area contributed by atoms with Crippen molar-refractivity contribution in [3.8, 4) is 11.1 Å². The zero-order valence-corrected chi connectivity index (χ0v) is 12.8. The number of nitrogens with zero attached hydrogens (tertiary/aromatic N) is 1. The normalized spacial score (nSPS) is 19.0. The SMILES string of the molecule is Cc1ccc(Br)cc1-c1c(C2CCCN2)n[nH]c1C. The number of H-pyrrole nitrogens is 1. The molecule has 3 nitrogen and oxygen atoms in total. The summed E-state index contributed by atoms with van der Waals surface area (Å²) in [5, 5.41) is 11.2. The number of halogens is 1. The van der Waals surface area contributed by atoms with Gasteiger partial charge in [-0.2, -0.15) is 5.10 Å². The Hall–Kier alpha value is -1.13. The predicted octanol–water partition coefficient (Wildman–Crippen LogP) is 3.88. The Morgan fingerprint density at radius 3 is 2.89 bits per heavy atom. The number of benzene rings is 1. The van der Waals surface area contributed by atoms with Gasteiger partial charge in [0, 0.05) is 15.7 Å². The summed E-state index contributed by atoms with van der Waals surface area (Å²) in [5.74, 6) is 0. The van der Waals surface area contributed by atoms with Crippen LogP contribution in [-0.2, 0) is 0 Å². The molecule has 0 aliphatic carbocycles. The fraction of sp³-hybridized carbons (Fsp3) is 0.400. The van der Waals surface area contributed by atoms with Crippen LogP contribution in [0.15, 0.2) is 22.7 Å². The van der Waals surface area contributed by atoms with Gasteiger partial charge in [0.15, 0.2) is 0 Å². The zero-order valence-electron chi connectivity index (χ0n) is 11.3. The molecule has 1 fully saturated rings. The standard InChI is InChI=1S/C15H18BrN3/c1-9-5-6-11(16)8-12(9)14-10(2)18-19-15(14)13-4-3-7-17-13/h5-6,8,13,17H,3-4,7H2,1-2H3,(H,18,19). The Kier molecular flexibility index (Phi) is 3.46. The fourth-order valence-electron chi connectivity index (χ4n) is 2.82. The molecule has 2 heterocycles. The lowest BCUT2D eigenvalue weighted by Crippen LogP contribution is -2.14. The Bertz CT molecular complexity index is 597. The van der Waals surface area contributed by atoms with Crippen molar-refractivity contribution in [3.05, 3.63) is 39.6 Å². The highest BCUT2D eigenvalue weighted by Gasteiger charge is 2.24. The largest absolute Gasteiger partial charge is 0.309 e. The first-order chi connectivity index (χ1) is 9.16. The van der Waals surface area contributed by atoms with E-state index in [1.54, 1.807) is 0 Å². The van der Waals surface area contributed by atoms with Gasteiger partial charge in [-0.3, -0.25) is 5.10 Å². The lowest BCUT2D eigenvalue weighted by molar-refractivity contribution is 0.626. The molecule has 0 spiro atoms. The smallest absolute Gasteiger partial charge is 0.0872 e. The van der Waals surface area contributed by atoms with E-state index >= 15 is 0 Å². The molecule has 0 bridgehead atoms. The molecule has 2 N–H and O–H groups in total. The Morgan fingerprint density at radius 1 is 1.32 bits per heavy atom. The van der Waals surface area contributed by atoms with Crippen LogP contribution in [0.3, 0.4) is 0 Å². The lowest BCUT2D eigenvalue weighted by atomic mass is 9.95. The predicted molar refractivity (Wildman–Crippen MR) is 81.2 cm³/mol. The number of nitrogens with one attached hydrogen (secondary N) is 2. The summed E-state index contributed by atoms with van der Waals surface area (Å²) in [7, 11) is 0. The van der Waals surface area contributed by atoms with Gasteiger partial charge >= 0.3 is 0 Å². The van der Waals surface area contributed by atoms with Gasteiger partial charge in [-0.15, -0.1) is 0 Å². The molecular weight excluding hydrogens is 302 g/mol. The molecule has 0 amide bonds. The van der Waals surface area contributed by atoms with Crippen LogP contribution in [0.25, 0.3) is 11.1 Å². The van der Waals surface area contributed by atoms with Gasteiger partial charge in [-0.1, -0.05) is 22.0 Å². The molecule has 3 rings (SSSR count). The van der Waals surface area contributed by atoms with Crippen molar-refractivity contribution in [2.75, 3.05) is 6.54 Å². The highest BCUT2D eigenvalue weighted by Crippen LogP contribution is 2.35. The molecule has 0 radical (unpaired) electrons. The van der Waals surface area contributed by atoms with E-state index in [1.807, 2.05) is 0 Å². The zero-order chi connectivity index (χ0) is 13.4. The Labute approximate surface area is 121 Å². The van der Waals surface area contributed by atoms with Gasteiger partial charge in [0.1, 0.15) is 0 Å². The van der Waals surface area contributed by atoms with Crippen LogP contribution in [-0.4, -0.2) is 16.7 Å². The quantitative estimate of drug-likeness (QED) is 0.881. The Balaban J connectivity index is 2.13. The Morgan fingerprint density at radius 2 is 2.16 bits per heavy atom. The molecule has 1 saturated heterocycles. The number of hydrogen-bond donors (Lipinski definition) is 2. The van der Waals surface area contributed by atoms with E-state index in [0.29, 0.717) is 6.04 Å². The molecule has 1 unspecified atom stereocenters. The number of aromatic amines is 1. The molecule has 1 aromatic heterocycles. The average molecular weight is 320 g/mol. The van der Waals surface area contributed by atoms with Crippen LogP contribution in [0, 0.1) is 13.8 Å². The third-order valence-electron chi connectivity index (χ3n) is 3.83. The minimum absolute atomic E-state index is 0.387. The van der Waals surface area contributed by atoms with E-state index < -0.39 is 0 Å². The molecule has 100 valence electrons. The number of hydrogen-bond acceptors (Lipinski definition) is 2. The van der Waals surface area contributed by atoms with Gasteiger partial charge in [0.05, 0.1) is 11.7 Å². The summed E-state index contributed by atoms with van der Waals surface area (Å²) < 4.78 is 1.11. The summed E-state index contributed by atoms with van der Waals surface area (Å²) in [5.41, 5.74) is 6.12. The molecule has 4 heteroatoms. The maximum atomic E-state index is 4.54. The number of aryl methyl sites for hydroxylation is 2. The molecule has 0 saturated carbocycles. The van der Waals surface area contributed by atoms with Crippen molar-refractivity contribution < 1.29 is 0 Å². The third-order valence-corrected chi connectivity index (χ3v) is 4.33. The van der Waals surface area contributed by atoms with Gasteiger partial charge < -0.3 is 5.32 Å². The fourth-order valence-corrected chi connectivity index (χ4v) is 3.18. The molecule has 1 aliphatic heterocycles. The van der Waals surface area contributed by atoms with Crippen molar-refractivity contribution in [2.24, 2.45) is 0 Å². The summed E-state index contributed by atoms with van der Waals surface area (Å²) in [6, 6.07) is 6.81. The van der Waals surface area contributed by atoms with Crippen LogP contribution in [0.2, 0.25) is 0 Å². The number of aromatic nitrogens is 2.